The van der Waals surface area contributed by atoms with Crippen LogP contribution in [0.4, 0.5) is 0 Å². The standard InChI is InChI=1S/C33H50N4O4S/c1-23(2)16-30(38)29(17-25-12-8-6-9-13-25)35-33(41)27(18-28-21-42-22-34-28)19-31(39)37(20-32(40)36(4)5)24(3)26-14-10-7-11-15-26/h7,10-11,14-15,21-25,27,29-30,38H,6,8-9,12-13,16-20H2,1-5H3,(H,35,41). The van der Waals surface area contributed by atoms with Crippen molar-refractivity contribution in [3.8, 4) is 0 Å². The fourth-order valence-corrected chi connectivity index (χ4v) is 6.43. The van der Waals surface area contributed by atoms with Gasteiger partial charge in [-0.1, -0.05) is 76.3 Å². The molecule has 3 rings (SSSR count). The first kappa shape index (κ1) is 33.7. The molecule has 1 fully saturated rings. The summed E-state index contributed by atoms with van der Waals surface area (Å²) in [5.74, 6) is -0.602. The summed E-state index contributed by atoms with van der Waals surface area (Å²) in [5.41, 5.74) is 3.40. The molecular weight excluding hydrogens is 548 g/mol. The molecule has 3 amide bonds. The highest BCUT2D eigenvalue weighted by molar-refractivity contribution is 7.07. The Bertz CT molecular complexity index is 1100. The Morgan fingerprint density at radius 2 is 1.74 bits per heavy atom. The van der Waals surface area contributed by atoms with Crippen LogP contribution in [-0.2, 0) is 20.8 Å². The third-order valence-corrected chi connectivity index (χ3v) is 9.06. The highest BCUT2D eigenvalue weighted by atomic mass is 32.1. The van der Waals surface area contributed by atoms with Crippen molar-refractivity contribution in [2.75, 3.05) is 20.6 Å². The van der Waals surface area contributed by atoms with E-state index in [2.05, 4.69) is 24.1 Å². The van der Waals surface area contributed by atoms with Crippen LogP contribution in [0.1, 0.15) is 89.4 Å². The van der Waals surface area contributed by atoms with Crippen LogP contribution in [-0.4, -0.2) is 70.4 Å². The first-order valence-corrected chi connectivity index (χ1v) is 16.4. The molecule has 232 valence electrons. The van der Waals surface area contributed by atoms with Gasteiger partial charge in [0.05, 0.1) is 35.3 Å². The van der Waals surface area contributed by atoms with Crippen molar-refractivity contribution in [1.82, 2.24) is 20.1 Å². The van der Waals surface area contributed by atoms with E-state index >= 15 is 0 Å². The van der Waals surface area contributed by atoms with Crippen molar-refractivity contribution in [3.63, 3.8) is 0 Å². The van der Waals surface area contributed by atoms with Crippen LogP contribution in [0, 0.1) is 17.8 Å². The second-order valence-electron chi connectivity index (χ2n) is 12.5. The molecule has 2 N–H and O–H groups in total. The SMILES string of the molecule is CC(C)CC(O)C(CC1CCCCC1)NC(=O)C(CC(=O)N(CC(=O)N(C)C)C(C)c1ccccc1)Cc1cscn1. The largest absolute Gasteiger partial charge is 0.391 e. The molecule has 4 unspecified atom stereocenters. The minimum absolute atomic E-state index is 0.0579. The van der Waals surface area contributed by atoms with Crippen molar-refractivity contribution in [1.29, 1.82) is 0 Å². The third kappa shape index (κ3) is 10.5. The number of hydrogen-bond donors (Lipinski definition) is 2. The molecule has 1 saturated carbocycles. The normalized spacial score (nSPS) is 16.8. The van der Waals surface area contributed by atoms with E-state index in [0.717, 1.165) is 30.5 Å². The van der Waals surface area contributed by atoms with Crippen LogP contribution >= 0.6 is 11.3 Å². The molecule has 1 aliphatic carbocycles. The maximum absolute atomic E-state index is 13.9. The number of rotatable bonds is 15. The van der Waals surface area contributed by atoms with E-state index in [-0.39, 0.29) is 42.8 Å². The molecule has 1 heterocycles. The van der Waals surface area contributed by atoms with Gasteiger partial charge < -0.3 is 20.2 Å². The molecule has 0 spiro atoms. The zero-order valence-corrected chi connectivity index (χ0v) is 26.8. The minimum Gasteiger partial charge on any atom is -0.391 e. The van der Waals surface area contributed by atoms with E-state index in [0.29, 0.717) is 24.7 Å². The Balaban J connectivity index is 1.84. The molecule has 0 radical (unpaired) electrons. The number of aliphatic hydroxyl groups excluding tert-OH is 1. The smallest absolute Gasteiger partial charge is 0.241 e. The molecule has 0 saturated heterocycles. The van der Waals surface area contributed by atoms with Gasteiger partial charge in [-0.15, -0.1) is 11.3 Å². The molecule has 4 atom stereocenters. The fraction of sp³-hybridized carbons (Fsp3) is 0.636. The second kappa shape index (κ2) is 16.8. The van der Waals surface area contributed by atoms with Crippen molar-refractivity contribution in [3.05, 3.63) is 52.5 Å². The minimum atomic E-state index is -0.681. The van der Waals surface area contributed by atoms with Gasteiger partial charge in [-0.2, -0.15) is 0 Å². The summed E-state index contributed by atoms with van der Waals surface area (Å²) >= 11 is 1.45. The second-order valence-corrected chi connectivity index (χ2v) is 13.3. The maximum Gasteiger partial charge on any atom is 0.241 e. The van der Waals surface area contributed by atoms with Crippen molar-refractivity contribution >= 4 is 29.1 Å². The number of likely N-dealkylation sites (N-methyl/N-ethyl adjacent to an activating group) is 1. The molecular formula is C33H50N4O4S. The number of carbonyl (C=O) groups excluding carboxylic acids is 3. The van der Waals surface area contributed by atoms with Gasteiger partial charge in [-0.05, 0) is 37.2 Å². The summed E-state index contributed by atoms with van der Waals surface area (Å²) < 4.78 is 0. The van der Waals surface area contributed by atoms with Crippen molar-refractivity contribution in [2.45, 2.75) is 96.7 Å². The summed E-state index contributed by atoms with van der Waals surface area (Å²) in [7, 11) is 3.34. The lowest BCUT2D eigenvalue weighted by Gasteiger charge is -2.33. The highest BCUT2D eigenvalue weighted by Gasteiger charge is 2.33. The monoisotopic (exact) mass is 598 g/mol. The number of hydrogen-bond acceptors (Lipinski definition) is 6. The predicted octanol–water partition coefficient (Wildman–Crippen LogP) is 5.23. The molecule has 42 heavy (non-hydrogen) atoms. The summed E-state index contributed by atoms with van der Waals surface area (Å²) in [6.07, 6.45) is 6.80. The van der Waals surface area contributed by atoms with E-state index in [4.69, 9.17) is 0 Å². The number of aliphatic hydroxyl groups is 1. The van der Waals surface area contributed by atoms with E-state index in [9.17, 15) is 19.5 Å². The fourth-order valence-electron chi connectivity index (χ4n) is 5.86. The molecule has 1 aromatic heterocycles. The third-order valence-electron chi connectivity index (χ3n) is 8.42. The average molecular weight is 599 g/mol. The van der Waals surface area contributed by atoms with Gasteiger partial charge in [0.1, 0.15) is 6.54 Å². The van der Waals surface area contributed by atoms with E-state index in [1.165, 1.54) is 35.5 Å². The Morgan fingerprint density at radius 1 is 1.05 bits per heavy atom. The lowest BCUT2D eigenvalue weighted by atomic mass is 9.82. The number of benzene rings is 1. The molecule has 1 aromatic carbocycles. The van der Waals surface area contributed by atoms with Crippen LogP contribution in [0.25, 0.3) is 0 Å². The molecule has 1 aliphatic rings. The molecule has 2 aromatic rings. The van der Waals surface area contributed by atoms with Gasteiger partial charge in [0.25, 0.3) is 0 Å². The quantitative estimate of drug-likeness (QED) is 0.292. The summed E-state index contributed by atoms with van der Waals surface area (Å²) in [4.78, 5) is 48.1. The highest BCUT2D eigenvalue weighted by Crippen LogP contribution is 2.29. The molecule has 0 bridgehead atoms. The predicted molar refractivity (Wildman–Crippen MR) is 168 cm³/mol. The number of nitrogens with zero attached hydrogens (tertiary/aromatic N) is 3. The van der Waals surface area contributed by atoms with E-state index in [1.807, 2.05) is 42.6 Å². The van der Waals surface area contributed by atoms with Gasteiger partial charge in [0.15, 0.2) is 0 Å². The number of nitrogens with one attached hydrogen (secondary N) is 1. The Hall–Kier alpha value is -2.78. The Kier molecular flexibility index (Phi) is 13.4. The first-order valence-electron chi connectivity index (χ1n) is 15.4. The van der Waals surface area contributed by atoms with Crippen molar-refractivity contribution in [2.24, 2.45) is 17.8 Å². The van der Waals surface area contributed by atoms with Crippen LogP contribution < -0.4 is 5.32 Å². The van der Waals surface area contributed by atoms with Gasteiger partial charge in [-0.3, -0.25) is 14.4 Å². The van der Waals surface area contributed by atoms with Crippen LogP contribution in [0.15, 0.2) is 41.2 Å². The number of amides is 3. The molecule has 9 heteroatoms. The summed E-state index contributed by atoms with van der Waals surface area (Å²) in [5, 5.41) is 16.3. The van der Waals surface area contributed by atoms with Gasteiger partial charge in [0, 0.05) is 32.3 Å². The summed E-state index contributed by atoms with van der Waals surface area (Å²) in [6.45, 7) is 5.98. The maximum atomic E-state index is 13.9. The molecule has 8 nitrogen and oxygen atoms in total. The summed E-state index contributed by atoms with van der Waals surface area (Å²) in [6, 6.07) is 8.90. The lowest BCUT2D eigenvalue weighted by Crippen LogP contribution is -2.49. The molecule has 0 aliphatic heterocycles. The Morgan fingerprint density at radius 3 is 2.33 bits per heavy atom. The van der Waals surface area contributed by atoms with E-state index in [1.54, 1.807) is 24.5 Å². The van der Waals surface area contributed by atoms with Gasteiger partial charge in [-0.25, -0.2) is 4.98 Å². The van der Waals surface area contributed by atoms with Crippen molar-refractivity contribution < 1.29 is 19.5 Å². The van der Waals surface area contributed by atoms with Crippen LogP contribution in [0.3, 0.4) is 0 Å². The number of carbonyl (C=O) groups is 3. The van der Waals surface area contributed by atoms with Gasteiger partial charge in [0.2, 0.25) is 17.7 Å². The zero-order chi connectivity index (χ0) is 30.6. The van der Waals surface area contributed by atoms with E-state index < -0.39 is 12.0 Å². The number of aromatic nitrogens is 1. The Labute approximate surface area is 255 Å². The zero-order valence-electron chi connectivity index (χ0n) is 26.0. The lowest BCUT2D eigenvalue weighted by molar-refractivity contribution is -0.143. The van der Waals surface area contributed by atoms with Crippen LogP contribution in [0.5, 0.6) is 0 Å². The average Bonchev–Trinajstić information content (AvgIpc) is 3.48. The van der Waals surface area contributed by atoms with Crippen LogP contribution in [0.2, 0.25) is 0 Å². The topological polar surface area (TPSA) is 103 Å². The number of thiazole rings is 1. The first-order chi connectivity index (χ1) is 20.0. The van der Waals surface area contributed by atoms with Gasteiger partial charge >= 0.3 is 0 Å².